The molecule has 4 aromatic rings. The Morgan fingerprint density at radius 3 is 2.40 bits per heavy atom. The van der Waals surface area contributed by atoms with E-state index in [1.54, 1.807) is 0 Å². The molecule has 0 saturated heterocycles. The van der Waals surface area contributed by atoms with Crippen molar-refractivity contribution in [2.45, 2.75) is 0 Å². The van der Waals surface area contributed by atoms with Crippen molar-refractivity contribution < 1.29 is 4.79 Å². The molecular formula is C21H13N3O. The maximum atomic E-state index is 12.7. The Morgan fingerprint density at radius 1 is 0.760 bits per heavy atom. The Bertz CT molecular complexity index is 1190. The third-order valence-electron chi connectivity index (χ3n) is 4.50. The summed E-state index contributed by atoms with van der Waals surface area (Å²) in [4.78, 5) is 17.2. The van der Waals surface area contributed by atoms with E-state index in [9.17, 15) is 4.79 Å². The first kappa shape index (κ1) is 13.9. The summed E-state index contributed by atoms with van der Waals surface area (Å²) in [6, 6.07) is 23.4. The third kappa shape index (κ3) is 2.11. The lowest BCUT2D eigenvalue weighted by Crippen LogP contribution is -2.11. The molecule has 0 atom stereocenters. The van der Waals surface area contributed by atoms with Crippen molar-refractivity contribution in [3.63, 3.8) is 0 Å². The number of nitrogens with one attached hydrogen (secondary N) is 1. The first-order valence-corrected chi connectivity index (χ1v) is 8.07. The van der Waals surface area contributed by atoms with Gasteiger partial charge in [-0.05, 0) is 23.6 Å². The molecule has 1 N–H and O–H groups in total. The van der Waals surface area contributed by atoms with E-state index < -0.39 is 0 Å². The van der Waals surface area contributed by atoms with Crippen LogP contribution in [-0.2, 0) is 0 Å². The summed E-state index contributed by atoms with van der Waals surface area (Å²) in [5.74, 6) is 0.558. The van der Waals surface area contributed by atoms with E-state index in [0.717, 1.165) is 27.2 Å². The minimum Gasteiger partial charge on any atom is -0.287 e. The largest absolute Gasteiger partial charge is 0.287 e. The Balaban J connectivity index is 1.57. The lowest BCUT2D eigenvalue weighted by Gasteiger charge is -2.03. The van der Waals surface area contributed by atoms with Crippen molar-refractivity contribution >= 4 is 39.0 Å². The van der Waals surface area contributed by atoms with E-state index in [2.05, 4.69) is 15.5 Å². The van der Waals surface area contributed by atoms with Crippen molar-refractivity contribution in [3.05, 3.63) is 83.9 Å². The molecule has 0 aliphatic heterocycles. The smallest absolute Gasteiger partial charge is 0.214 e. The van der Waals surface area contributed by atoms with Crippen molar-refractivity contribution in [3.8, 4) is 0 Å². The number of Topliss-reactive ketones (excluding diaryl/α,β-unsaturated/α-hetero) is 1. The van der Waals surface area contributed by atoms with E-state index >= 15 is 0 Å². The van der Waals surface area contributed by atoms with Gasteiger partial charge >= 0.3 is 0 Å². The van der Waals surface area contributed by atoms with E-state index in [1.165, 1.54) is 0 Å². The summed E-state index contributed by atoms with van der Waals surface area (Å²) in [7, 11) is 0. The van der Waals surface area contributed by atoms with E-state index in [0.29, 0.717) is 17.1 Å². The average Bonchev–Trinajstić information content (AvgIpc) is 2.94. The van der Waals surface area contributed by atoms with Crippen LogP contribution in [0.15, 0.2) is 77.9 Å². The first-order valence-electron chi connectivity index (χ1n) is 8.07. The van der Waals surface area contributed by atoms with Gasteiger partial charge in [-0.25, -0.2) is 4.98 Å². The van der Waals surface area contributed by atoms with Crippen LogP contribution in [0.25, 0.3) is 21.7 Å². The lowest BCUT2D eigenvalue weighted by atomic mass is 10.1. The van der Waals surface area contributed by atoms with Crippen LogP contribution in [0.3, 0.4) is 0 Å². The lowest BCUT2D eigenvalue weighted by molar-refractivity contribution is 0.107. The summed E-state index contributed by atoms with van der Waals surface area (Å²) < 4.78 is 0. The molecule has 1 heterocycles. The molecule has 0 unspecified atom stereocenters. The SMILES string of the molecule is O=C1/C(=N/Nc2ccc3ccccc3n2)c2cccc3cccc1c23. The number of fused-ring (bicyclic) bond motifs is 1. The second-order valence-corrected chi connectivity index (χ2v) is 6.00. The molecule has 0 radical (unpaired) electrons. The number of anilines is 1. The Kier molecular flexibility index (Phi) is 2.91. The predicted molar refractivity (Wildman–Crippen MR) is 100 cm³/mol. The van der Waals surface area contributed by atoms with Crippen LogP contribution in [0.4, 0.5) is 5.82 Å². The quantitative estimate of drug-likeness (QED) is 0.556. The highest BCUT2D eigenvalue weighted by Crippen LogP contribution is 2.31. The molecule has 0 bridgehead atoms. The average molecular weight is 323 g/mol. The Morgan fingerprint density at radius 2 is 1.52 bits per heavy atom. The highest BCUT2D eigenvalue weighted by Gasteiger charge is 2.28. The summed E-state index contributed by atoms with van der Waals surface area (Å²) >= 11 is 0. The molecule has 4 heteroatoms. The molecule has 1 aromatic heterocycles. The van der Waals surface area contributed by atoms with Crippen LogP contribution in [0.5, 0.6) is 0 Å². The molecule has 3 aromatic carbocycles. The fraction of sp³-hybridized carbons (Fsp3) is 0. The minimum atomic E-state index is -0.0555. The maximum absolute atomic E-state index is 12.7. The fourth-order valence-electron chi connectivity index (χ4n) is 3.33. The highest BCUT2D eigenvalue weighted by atomic mass is 16.1. The van der Waals surface area contributed by atoms with Gasteiger partial charge < -0.3 is 0 Å². The topological polar surface area (TPSA) is 54.4 Å². The molecule has 0 saturated carbocycles. The molecule has 25 heavy (non-hydrogen) atoms. The van der Waals surface area contributed by atoms with Gasteiger partial charge in [-0.1, -0.05) is 54.6 Å². The molecule has 5 rings (SSSR count). The number of hydrazone groups is 1. The molecule has 1 aliphatic carbocycles. The van der Waals surface area contributed by atoms with Gasteiger partial charge in [-0.2, -0.15) is 5.10 Å². The number of carbonyl (C=O) groups excluding carboxylic acids is 1. The number of ketones is 1. The number of nitrogens with zero attached hydrogens (tertiary/aromatic N) is 2. The van der Waals surface area contributed by atoms with E-state index in [4.69, 9.17) is 0 Å². The fourth-order valence-corrected chi connectivity index (χ4v) is 3.33. The molecular weight excluding hydrogens is 310 g/mol. The number of para-hydroxylation sites is 1. The zero-order valence-electron chi connectivity index (χ0n) is 13.2. The van der Waals surface area contributed by atoms with Crippen LogP contribution in [0.1, 0.15) is 15.9 Å². The number of rotatable bonds is 2. The monoisotopic (exact) mass is 323 g/mol. The summed E-state index contributed by atoms with van der Waals surface area (Å²) in [5.41, 5.74) is 5.84. The Labute approximate surface area is 143 Å². The molecule has 118 valence electrons. The van der Waals surface area contributed by atoms with Crippen molar-refractivity contribution in [1.82, 2.24) is 4.98 Å². The zero-order valence-corrected chi connectivity index (χ0v) is 13.2. The summed E-state index contributed by atoms with van der Waals surface area (Å²) in [6.45, 7) is 0. The van der Waals surface area contributed by atoms with Crippen LogP contribution in [0.2, 0.25) is 0 Å². The van der Waals surface area contributed by atoms with Gasteiger partial charge in [0.2, 0.25) is 5.78 Å². The van der Waals surface area contributed by atoms with Crippen molar-refractivity contribution in [1.29, 1.82) is 0 Å². The van der Waals surface area contributed by atoms with E-state index in [1.807, 2.05) is 72.8 Å². The van der Waals surface area contributed by atoms with Gasteiger partial charge in [-0.15, -0.1) is 0 Å². The van der Waals surface area contributed by atoms with Gasteiger partial charge in [0.15, 0.2) is 0 Å². The first-order chi connectivity index (χ1) is 12.3. The van der Waals surface area contributed by atoms with Gasteiger partial charge in [0.25, 0.3) is 0 Å². The molecule has 0 spiro atoms. The number of aromatic nitrogens is 1. The standard InChI is InChI=1S/C21H13N3O/c25-21-16-9-4-7-14-6-3-8-15(19(14)16)20(21)24-23-18-12-11-13-5-1-2-10-17(13)22-18/h1-12H,(H,22,23)/b24-20+. The van der Waals surface area contributed by atoms with Crippen molar-refractivity contribution in [2.75, 3.05) is 5.43 Å². The molecule has 1 aliphatic rings. The van der Waals surface area contributed by atoms with Gasteiger partial charge in [-0.3, -0.25) is 10.2 Å². The number of pyridine rings is 1. The zero-order chi connectivity index (χ0) is 16.8. The van der Waals surface area contributed by atoms with Crippen LogP contribution < -0.4 is 5.43 Å². The van der Waals surface area contributed by atoms with Crippen LogP contribution >= 0.6 is 0 Å². The van der Waals surface area contributed by atoms with Crippen LogP contribution in [0, 0.1) is 0 Å². The van der Waals surface area contributed by atoms with Gasteiger partial charge in [0, 0.05) is 21.9 Å². The summed E-state index contributed by atoms with van der Waals surface area (Å²) in [6.07, 6.45) is 0. The van der Waals surface area contributed by atoms with Crippen LogP contribution in [-0.4, -0.2) is 16.5 Å². The van der Waals surface area contributed by atoms with E-state index in [-0.39, 0.29) is 5.78 Å². The molecule has 0 amide bonds. The summed E-state index contributed by atoms with van der Waals surface area (Å²) in [5, 5.41) is 7.47. The number of carbonyl (C=O) groups is 1. The third-order valence-corrected chi connectivity index (χ3v) is 4.50. The number of benzene rings is 3. The predicted octanol–water partition coefficient (Wildman–Crippen LogP) is 4.40. The minimum absolute atomic E-state index is 0.0555. The second kappa shape index (κ2) is 5.24. The number of hydrogen-bond donors (Lipinski definition) is 1. The molecule has 0 fully saturated rings. The van der Waals surface area contributed by atoms with Gasteiger partial charge in [0.1, 0.15) is 11.5 Å². The van der Waals surface area contributed by atoms with Crippen molar-refractivity contribution in [2.24, 2.45) is 5.10 Å². The maximum Gasteiger partial charge on any atom is 0.214 e. The molecule has 4 nitrogen and oxygen atoms in total. The normalized spacial score (nSPS) is 14.6. The highest BCUT2D eigenvalue weighted by molar-refractivity contribution is 6.59. The Hall–Kier alpha value is -3.53. The number of hydrogen-bond acceptors (Lipinski definition) is 4. The van der Waals surface area contributed by atoms with Gasteiger partial charge in [0.05, 0.1) is 5.52 Å². The second-order valence-electron chi connectivity index (χ2n) is 6.00.